The van der Waals surface area contributed by atoms with Crippen LogP contribution < -0.4 is 5.32 Å². The Labute approximate surface area is 161 Å². The predicted octanol–water partition coefficient (Wildman–Crippen LogP) is 3.90. The van der Waals surface area contributed by atoms with Crippen LogP contribution in [-0.4, -0.2) is 30.2 Å². The summed E-state index contributed by atoms with van der Waals surface area (Å²) in [4.78, 5) is 29.2. The summed E-state index contributed by atoms with van der Waals surface area (Å²) in [6.45, 7) is 1.83. The second-order valence-electron chi connectivity index (χ2n) is 6.34. The van der Waals surface area contributed by atoms with Gasteiger partial charge in [-0.05, 0) is 49.8 Å². The molecule has 0 bridgehead atoms. The molecule has 1 fully saturated rings. The van der Waals surface area contributed by atoms with E-state index in [4.69, 9.17) is 4.74 Å². The zero-order valence-electron chi connectivity index (χ0n) is 15.3. The number of rotatable bonds is 5. The Morgan fingerprint density at radius 3 is 2.67 bits per heavy atom. The molecule has 0 unspecified atom stereocenters. The lowest BCUT2D eigenvalue weighted by molar-refractivity contribution is 0.0600. The fourth-order valence-electron chi connectivity index (χ4n) is 2.75. The number of hydrogen-bond donors (Lipinski definition) is 1. The highest BCUT2D eigenvalue weighted by Crippen LogP contribution is 2.40. The van der Waals surface area contributed by atoms with Crippen LogP contribution in [0.2, 0.25) is 0 Å². The number of pyridine rings is 1. The molecule has 3 rings (SSSR count). The lowest BCUT2D eigenvalue weighted by Crippen LogP contribution is -2.16. The Kier molecular flexibility index (Phi) is 5.47. The van der Waals surface area contributed by atoms with Crippen LogP contribution in [0.3, 0.4) is 0 Å². The molecule has 0 aliphatic heterocycles. The third-order valence-corrected chi connectivity index (χ3v) is 5.14. The van der Waals surface area contributed by atoms with E-state index in [-0.39, 0.29) is 5.56 Å². The number of carbonyl (C=O) groups is 2. The SMILES string of the molecule is COC(=O)c1ccc(C)c(NC(=O)c2cc(C3CC3)nc(SC)c2C#N)c1. The van der Waals surface area contributed by atoms with Gasteiger partial charge in [-0.15, -0.1) is 11.8 Å². The number of ether oxygens (including phenoxy) is 1. The molecule has 138 valence electrons. The fraction of sp³-hybridized carbons (Fsp3) is 0.300. The van der Waals surface area contributed by atoms with Crippen LogP contribution in [0.15, 0.2) is 29.3 Å². The van der Waals surface area contributed by atoms with Crippen molar-refractivity contribution in [2.24, 2.45) is 0 Å². The van der Waals surface area contributed by atoms with Gasteiger partial charge >= 0.3 is 5.97 Å². The minimum atomic E-state index is -0.479. The molecule has 1 aromatic carbocycles. The Morgan fingerprint density at radius 2 is 2.07 bits per heavy atom. The van der Waals surface area contributed by atoms with Gasteiger partial charge in [0, 0.05) is 17.3 Å². The number of nitriles is 1. The number of aromatic nitrogens is 1. The molecule has 6 nitrogen and oxygen atoms in total. The molecule has 1 aromatic heterocycles. The van der Waals surface area contributed by atoms with Gasteiger partial charge in [0.05, 0.1) is 23.8 Å². The summed E-state index contributed by atoms with van der Waals surface area (Å²) in [7, 11) is 1.31. The molecule has 1 heterocycles. The van der Waals surface area contributed by atoms with Crippen molar-refractivity contribution >= 4 is 29.3 Å². The maximum absolute atomic E-state index is 12.9. The first-order valence-electron chi connectivity index (χ1n) is 8.47. The molecule has 27 heavy (non-hydrogen) atoms. The smallest absolute Gasteiger partial charge is 0.337 e. The second kappa shape index (κ2) is 7.80. The molecule has 0 saturated heterocycles. The molecule has 2 aromatic rings. The molecule has 0 atom stereocenters. The number of methoxy groups -OCH3 is 1. The van der Waals surface area contributed by atoms with Crippen molar-refractivity contribution in [2.75, 3.05) is 18.7 Å². The molecular weight excluding hydrogens is 362 g/mol. The summed E-state index contributed by atoms with van der Waals surface area (Å²) in [5, 5.41) is 12.9. The van der Waals surface area contributed by atoms with Crippen molar-refractivity contribution in [3.05, 3.63) is 52.2 Å². The summed E-state index contributed by atoms with van der Waals surface area (Å²) in [5.41, 5.74) is 3.08. The summed E-state index contributed by atoms with van der Waals surface area (Å²) in [6, 6.07) is 8.77. The standard InChI is InChI=1S/C20H19N3O3S/c1-11-4-5-13(20(25)26-2)8-16(11)22-18(24)14-9-17(12-6-7-12)23-19(27-3)15(14)10-21/h4-5,8-9,12H,6-7H2,1-3H3,(H,22,24). The average Bonchev–Trinajstić information content (AvgIpc) is 3.53. The monoisotopic (exact) mass is 381 g/mol. The third-order valence-electron chi connectivity index (χ3n) is 4.46. The molecule has 1 amide bonds. The van der Waals surface area contributed by atoms with E-state index in [1.807, 2.05) is 13.2 Å². The number of carbonyl (C=O) groups excluding carboxylic acids is 2. The summed E-state index contributed by atoms with van der Waals surface area (Å²) >= 11 is 1.35. The zero-order chi connectivity index (χ0) is 19.6. The number of nitrogens with one attached hydrogen (secondary N) is 1. The van der Waals surface area contributed by atoms with E-state index in [9.17, 15) is 14.9 Å². The first-order valence-corrected chi connectivity index (χ1v) is 9.70. The number of aryl methyl sites for hydroxylation is 1. The predicted molar refractivity (Wildman–Crippen MR) is 103 cm³/mol. The normalized spacial score (nSPS) is 13.0. The fourth-order valence-corrected chi connectivity index (χ4v) is 3.31. The van der Waals surface area contributed by atoms with E-state index in [1.54, 1.807) is 24.3 Å². The van der Waals surface area contributed by atoms with Gasteiger partial charge in [-0.2, -0.15) is 5.26 Å². The summed E-state index contributed by atoms with van der Waals surface area (Å²) in [6.07, 6.45) is 3.94. The highest BCUT2D eigenvalue weighted by molar-refractivity contribution is 7.98. The van der Waals surface area contributed by atoms with E-state index in [1.165, 1.54) is 18.9 Å². The molecule has 0 radical (unpaired) electrons. The number of amides is 1. The highest BCUT2D eigenvalue weighted by atomic mass is 32.2. The number of benzene rings is 1. The average molecular weight is 381 g/mol. The topological polar surface area (TPSA) is 92.1 Å². The Morgan fingerprint density at radius 1 is 1.33 bits per heavy atom. The van der Waals surface area contributed by atoms with E-state index < -0.39 is 11.9 Å². The Bertz CT molecular complexity index is 962. The summed E-state index contributed by atoms with van der Waals surface area (Å²) < 4.78 is 4.73. The number of esters is 1. The van der Waals surface area contributed by atoms with Gasteiger partial charge in [0.15, 0.2) is 0 Å². The molecule has 1 saturated carbocycles. The van der Waals surface area contributed by atoms with Crippen molar-refractivity contribution in [3.63, 3.8) is 0 Å². The maximum atomic E-state index is 12.9. The summed E-state index contributed by atoms with van der Waals surface area (Å²) in [5.74, 6) is -0.510. The molecule has 7 heteroatoms. The van der Waals surface area contributed by atoms with Crippen LogP contribution in [0.1, 0.15) is 56.3 Å². The lowest BCUT2D eigenvalue weighted by atomic mass is 10.1. The Balaban J connectivity index is 1.98. The minimum absolute atomic E-state index is 0.270. The van der Waals surface area contributed by atoms with Gasteiger partial charge < -0.3 is 10.1 Å². The van der Waals surface area contributed by atoms with E-state index in [0.29, 0.717) is 27.8 Å². The number of anilines is 1. The van der Waals surface area contributed by atoms with Crippen LogP contribution >= 0.6 is 11.8 Å². The highest BCUT2D eigenvalue weighted by Gasteiger charge is 2.28. The molecule has 1 aliphatic rings. The van der Waals surface area contributed by atoms with Crippen molar-refractivity contribution in [2.45, 2.75) is 30.7 Å². The van der Waals surface area contributed by atoms with Crippen LogP contribution in [0.25, 0.3) is 0 Å². The third kappa shape index (κ3) is 3.96. The number of hydrogen-bond acceptors (Lipinski definition) is 6. The van der Waals surface area contributed by atoms with Crippen LogP contribution in [0.4, 0.5) is 5.69 Å². The molecule has 1 N–H and O–H groups in total. The van der Waals surface area contributed by atoms with Gasteiger partial charge in [0.1, 0.15) is 11.1 Å². The zero-order valence-corrected chi connectivity index (χ0v) is 16.1. The van der Waals surface area contributed by atoms with Crippen LogP contribution in [0.5, 0.6) is 0 Å². The minimum Gasteiger partial charge on any atom is -0.465 e. The van der Waals surface area contributed by atoms with Crippen molar-refractivity contribution in [1.82, 2.24) is 4.98 Å². The van der Waals surface area contributed by atoms with Gasteiger partial charge in [0.2, 0.25) is 0 Å². The largest absolute Gasteiger partial charge is 0.465 e. The van der Waals surface area contributed by atoms with Crippen molar-refractivity contribution in [1.29, 1.82) is 5.26 Å². The van der Waals surface area contributed by atoms with Crippen LogP contribution in [-0.2, 0) is 4.74 Å². The number of thioether (sulfide) groups is 1. The van der Waals surface area contributed by atoms with Gasteiger partial charge in [-0.3, -0.25) is 4.79 Å². The van der Waals surface area contributed by atoms with Gasteiger partial charge in [-0.25, -0.2) is 9.78 Å². The van der Waals surface area contributed by atoms with E-state index in [0.717, 1.165) is 24.1 Å². The van der Waals surface area contributed by atoms with Crippen molar-refractivity contribution < 1.29 is 14.3 Å². The first kappa shape index (κ1) is 18.9. The quantitative estimate of drug-likeness (QED) is 0.624. The van der Waals surface area contributed by atoms with Crippen LogP contribution in [0, 0.1) is 18.3 Å². The van der Waals surface area contributed by atoms with E-state index in [2.05, 4.69) is 16.4 Å². The van der Waals surface area contributed by atoms with Gasteiger partial charge in [0.25, 0.3) is 5.91 Å². The van der Waals surface area contributed by atoms with Crippen molar-refractivity contribution in [3.8, 4) is 6.07 Å². The molecule has 1 aliphatic carbocycles. The lowest BCUT2D eigenvalue weighted by Gasteiger charge is -2.13. The number of nitrogens with zero attached hydrogens (tertiary/aromatic N) is 2. The molecular formula is C20H19N3O3S. The van der Waals surface area contributed by atoms with Gasteiger partial charge in [-0.1, -0.05) is 6.07 Å². The molecule has 0 spiro atoms. The Hall–Kier alpha value is -2.85. The second-order valence-corrected chi connectivity index (χ2v) is 7.14. The maximum Gasteiger partial charge on any atom is 0.337 e. The first-order chi connectivity index (χ1) is 13.0. The van der Waals surface area contributed by atoms with E-state index >= 15 is 0 Å².